The lowest BCUT2D eigenvalue weighted by atomic mass is 10.0. The second-order valence-electron chi connectivity index (χ2n) is 7.61. The van der Waals surface area contributed by atoms with E-state index in [1.807, 2.05) is 17.0 Å². The number of rotatable bonds is 8. The maximum atomic E-state index is 13.0. The summed E-state index contributed by atoms with van der Waals surface area (Å²) in [5.41, 5.74) is 0.914. The van der Waals surface area contributed by atoms with Crippen molar-refractivity contribution < 1.29 is 27.4 Å². The van der Waals surface area contributed by atoms with Crippen molar-refractivity contribution in [2.24, 2.45) is 0 Å². The fourth-order valence-electron chi connectivity index (χ4n) is 3.93. The Labute approximate surface area is 179 Å². The summed E-state index contributed by atoms with van der Waals surface area (Å²) in [5, 5.41) is 0. The first-order valence-corrected chi connectivity index (χ1v) is 9.98. The molecule has 1 aliphatic rings. The van der Waals surface area contributed by atoms with Crippen molar-refractivity contribution in [3.8, 4) is 11.5 Å². The van der Waals surface area contributed by atoms with E-state index >= 15 is 0 Å². The van der Waals surface area contributed by atoms with Crippen LogP contribution in [0, 0.1) is 0 Å². The van der Waals surface area contributed by atoms with Gasteiger partial charge in [-0.1, -0.05) is 0 Å². The Morgan fingerprint density at radius 2 is 2.06 bits per heavy atom. The van der Waals surface area contributed by atoms with Gasteiger partial charge in [0.05, 0.1) is 33.4 Å². The number of halogens is 3. The zero-order valence-corrected chi connectivity index (χ0v) is 17.9. The molecular formula is C21H27F3N4O3. The average molecular weight is 440 g/mol. The molecule has 2 aromatic rings. The Hall–Kier alpha value is -2.75. The molecule has 1 unspecified atom stereocenters. The predicted molar refractivity (Wildman–Crippen MR) is 108 cm³/mol. The molecule has 1 aromatic heterocycles. The molecule has 3 rings (SSSR count). The molecule has 31 heavy (non-hydrogen) atoms. The Morgan fingerprint density at radius 1 is 1.29 bits per heavy atom. The van der Waals surface area contributed by atoms with Crippen LogP contribution in [0.5, 0.6) is 11.5 Å². The van der Waals surface area contributed by atoms with Crippen LogP contribution in [0.25, 0.3) is 0 Å². The molecule has 0 spiro atoms. The molecule has 1 aliphatic heterocycles. The van der Waals surface area contributed by atoms with Gasteiger partial charge in [-0.05, 0) is 32.0 Å². The van der Waals surface area contributed by atoms with E-state index in [0.29, 0.717) is 18.0 Å². The molecule has 0 aliphatic carbocycles. The number of methoxy groups -OCH3 is 2. The standard InChI is InChI=1S/C21H27F3N4O3/c1-26(12-19-25-8-10-27(19)14-21(22,23)24)13-20(29)28-9-4-5-17(28)16-7-6-15(30-2)11-18(16)31-3/h6-8,10-11,17H,4-5,9,12-14H2,1-3H3. The second kappa shape index (κ2) is 9.59. The van der Waals surface area contributed by atoms with Crippen LogP contribution in [0.15, 0.2) is 30.6 Å². The van der Waals surface area contributed by atoms with Crippen LogP contribution in [0.2, 0.25) is 0 Å². The molecule has 170 valence electrons. The number of aromatic nitrogens is 2. The molecule has 0 N–H and O–H groups in total. The fraction of sp³-hybridized carbons (Fsp3) is 0.524. The molecule has 7 nitrogen and oxygen atoms in total. The highest BCUT2D eigenvalue weighted by Crippen LogP contribution is 2.38. The van der Waals surface area contributed by atoms with Gasteiger partial charge in [0.1, 0.15) is 23.9 Å². The number of likely N-dealkylation sites (tertiary alicyclic amines) is 1. The van der Waals surface area contributed by atoms with Crippen molar-refractivity contribution in [3.05, 3.63) is 42.0 Å². The van der Waals surface area contributed by atoms with Gasteiger partial charge >= 0.3 is 6.18 Å². The Kier molecular flexibility index (Phi) is 7.09. The number of imidazole rings is 1. The van der Waals surface area contributed by atoms with E-state index < -0.39 is 12.7 Å². The SMILES string of the molecule is COc1ccc(C2CCCN2C(=O)CN(C)Cc2nccn2CC(F)(F)F)c(OC)c1. The van der Waals surface area contributed by atoms with Gasteiger partial charge in [-0.15, -0.1) is 0 Å². The van der Waals surface area contributed by atoms with Gasteiger partial charge in [0.25, 0.3) is 0 Å². The van der Waals surface area contributed by atoms with Crippen molar-refractivity contribution in [1.82, 2.24) is 19.4 Å². The van der Waals surface area contributed by atoms with E-state index in [1.165, 1.54) is 12.4 Å². The maximum Gasteiger partial charge on any atom is 0.406 e. The van der Waals surface area contributed by atoms with Crippen molar-refractivity contribution in [1.29, 1.82) is 0 Å². The summed E-state index contributed by atoms with van der Waals surface area (Å²) in [6.07, 6.45) is -0.0163. The van der Waals surface area contributed by atoms with Crippen LogP contribution in [-0.2, 0) is 17.9 Å². The van der Waals surface area contributed by atoms with E-state index in [-0.39, 0.29) is 30.9 Å². The molecule has 1 aromatic carbocycles. The van der Waals surface area contributed by atoms with Gasteiger partial charge in [0, 0.05) is 30.6 Å². The summed E-state index contributed by atoms with van der Waals surface area (Å²) in [4.78, 5) is 20.5. The summed E-state index contributed by atoms with van der Waals surface area (Å²) in [6, 6.07) is 5.42. The van der Waals surface area contributed by atoms with E-state index in [2.05, 4.69) is 4.98 Å². The minimum Gasteiger partial charge on any atom is -0.497 e. The molecule has 0 radical (unpaired) electrons. The highest BCUT2D eigenvalue weighted by Gasteiger charge is 2.33. The number of benzene rings is 1. The van der Waals surface area contributed by atoms with Gasteiger partial charge in [-0.3, -0.25) is 9.69 Å². The summed E-state index contributed by atoms with van der Waals surface area (Å²) in [7, 11) is 4.86. The number of amides is 1. The van der Waals surface area contributed by atoms with E-state index in [0.717, 1.165) is 23.0 Å². The maximum absolute atomic E-state index is 13.0. The average Bonchev–Trinajstić information content (AvgIpc) is 3.36. The Balaban J connectivity index is 1.67. The smallest absolute Gasteiger partial charge is 0.406 e. The van der Waals surface area contributed by atoms with Gasteiger partial charge in [0.2, 0.25) is 5.91 Å². The highest BCUT2D eigenvalue weighted by molar-refractivity contribution is 5.79. The minimum absolute atomic E-state index is 0.0772. The van der Waals surface area contributed by atoms with Crippen LogP contribution >= 0.6 is 0 Å². The highest BCUT2D eigenvalue weighted by atomic mass is 19.4. The third kappa shape index (κ3) is 5.69. The molecule has 2 heterocycles. The molecule has 1 saturated heterocycles. The second-order valence-corrected chi connectivity index (χ2v) is 7.61. The normalized spacial score (nSPS) is 16.7. The monoisotopic (exact) mass is 440 g/mol. The molecule has 10 heteroatoms. The third-order valence-corrected chi connectivity index (χ3v) is 5.34. The van der Waals surface area contributed by atoms with Crippen LogP contribution in [0.4, 0.5) is 13.2 Å². The van der Waals surface area contributed by atoms with Crippen molar-refractivity contribution >= 4 is 5.91 Å². The molecule has 0 saturated carbocycles. The molecular weight excluding hydrogens is 413 g/mol. The van der Waals surface area contributed by atoms with Gasteiger partial charge in [0.15, 0.2) is 0 Å². The number of ether oxygens (including phenoxy) is 2. The summed E-state index contributed by atoms with van der Waals surface area (Å²) < 4.78 is 50.0. The first kappa shape index (κ1) is 22.9. The molecule has 0 bridgehead atoms. The predicted octanol–water partition coefficient (Wildman–Crippen LogP) is 3.26. The quantitative estimate of drug-likeness (QED) is 0.631. The summed E-state index contributed by atoms with van der Waals surface area (Å²) in [6.45, 7) is -0.266. The van der Waals surface area contributed by atoms with Gasteiger partial charge < -0.3 is 18.9 Å². The number of carbonyl (C=O) groups excluding carboxylic acids is 1. The first-order chi connectivity index (χ1) is 14.7. The number of nitrogens with zero attached hydrogens (tertiary/aromatic N) is 4. The molecule has 1 atom stereocenters. The van der Waals surface area contributed by atoms with Crippen molar-refractivity contribution in [3.63, 3.8) is 0 Å². The zero-order valence-electron chi connectivity index (χ0n) is 17.9. The van der Waals surface area contributed by atoms with E-state index in [4.69, 9.17) is 9.47 Å². The number of alkyl halides is 3. The van der Waals surface area contributed by atoms with Gasteiger partial charge in [-0.2, -0.15) is 13.2 Å². The Morgan fingerprint density at radius 3 is 2.74 bits per heavy atom. The minimum atomic E-state index is -4.33. The molecule has 1 fully saturated rings. The van der Waals surface area contributed by atoms with Crippen LogP contribution in [0.1, 0.15) is 30.3 Å². The Bertz CT molecular complexity index is 900. The summed E-state index contributed by atoms with van der Waals surface area (Å²) in [5.74, 6) is 1.51. The third-order valence-electron chi connectivity index (χ3n) is 5.34. The van der Waals surface area contributed by atoms with E-state index in [1.54, 1.807) is 32.2 Å². The lowest BCUT2D eigenvalue weighted by Crippen LogP contribution is -2.39. The van der Waals surface area contributed by atoms with Crippen LogP contribution < -0.4 is 9.47 Å². The van der Waals surface area contributed by atoms with Crippen molar-refractivity contribution in [2.75, 3.05) is 34.4 Å². The van der Waals surface area contributed by atoms with Crippen LogP contribution in [-0.4, -0.2) is 65.8 Å². The molecule has 1 amide bonds. The number of likely N-dealkylation sites (N-methyl/N-ethyl adjacent to an activating group) is 1. The lowest BCUT2D eigenvalue weighted by molar-refractivity contribution is -0.141. The lowest BCUT2D eigenvalue weighted by Gasteiger charge is -2.28. The largest absolute Gasteiger partial charge is 0.497 e. The number of hydrogen-bond acceptors (Lipinski definition) is 5. The van der Waals surface area contributed by atoms with Crippen molar-refractivity contribution in [2.45, 2.75) is 38.1 Å². The topological polar surface area (TPSA) is 59.8 Å². The number of hydrogen-bond donors (Lipinski definition) is 0. The van der Waals surface area contributed by atoms with E-state index in [9.17, 15) is 18.0 Å². The fourth-order valence-corrected chi connectivity index (χ4v) is 3.93. The first-order valence-electron chi connectivity index (χ1n) is 9.98. The zero-order chi connectivity index (χ0) is 22.6. The number of carbonyl (C=O) groups is 1. The van der Waals surface area contributed by atoms with Gasteiger partial charge in [-0.25, -0.2) is 4.98 Å². The summed E-state index contributed by atoms with van der Waals surface area (Å²) >= 11 is 0. The van der Waals surface area contributed by atoms with Crippen LogP contribution in [0.3, 0.4) is 0 Å².